The lowest BCUT2D eigenvalue weighted by Gasteiger charge is -1.51. The van der Waals surface area contributed by atoms with Crippen molar-refractivity contribution in [3.63, 3.8) is 0 Å². The van der Waals surface area contributed by atoms with Gasteiger partial charge >= 0.3 is 0 Å². The minimum atomic E-state index is 0. The molecule has 0 bridgehead atoms. The first-order valence-electron chi connectivity index (χ1n) is 9.06. The molecule has 0 aromatic carbocycles. The zero-order valence-corrected chi connectivity index (χ0v) is 18.4. The predicted octanol–water partition coefficient (Wildman–Crippen LogP) is -15.5. The molecule has 0 amide bonds. The van der Waals surface area contributed by atoms with Crippen LogP contribution in [0.2, 0.25) is 0 Å². The maximum absolute atomic E-state index is 4.71. The van der Waals surface area contributed by atoms with Crippen molar-refractivity contribution in [2.45, 2.75) is 78.2 Å². The summed E-state index contributed by atoms with van der Waals surface area (Å²) in [5.74, 6) is 0. The van der Waals surface area contributed by atoms with Gasteiger partial charge in [0.1, 0.15) is 0 Å². The molecule has 0 spiro atoms. The van der Waals surface area contributed by atoms with Crippen molar-refractivity contribution in [3.05, 3.63) is 0 Å². The molecule has 192 valence electrons. The van der Waals surface area contributed by atoms with E-state index >= 15 is 0 Å². The van der Waals surface area contributed by atoms with Crippen LogP contribution in [0.5, 0.6) is 0 Å². The molecule has 6 fully saturated rings. The lowest BCUT2D eigenvalue weighted by molar-refractivity contribution is -0.00100. The molecule has 0 N–H and O–H groups in total. The number of halogens is 6. The van der Waals surface area contributed by atoms with Gasteiger partial charge in [-0.2, -0.15) is 0 Å². The molecule has 0 aromatic rings. The second-order valence-electron chi connectivity index (χ2n) is 6.86. The Morgan fingerprint density at radius 2 is 0.333 bits per heavy atom. The number of rotatable bonds is 0. The van der Waals surface area contributed by atoms with Crippen LogP contribution in [0.25, 0.3) is 0 Å². The van der Waals surface area contributed by atoms with E-state index in [2.05, 4.69) is 41.5 Å². The Morgan fingerprint density at radius 1 is 0.300 bits per heavy atom. The van der Waals surface area contributed by atoms with Crippen LogP contribution in [0.1, 0.15) is 41.5 Å². The molecule has 0 aromatic heterocycles. The molecule has 6 atom stereocenters. The van der Waals surface area contributed by atoms with Crippen LogP contribution in [0.4, 0.5) is 0 Å². The van der Waals surface area contributed by atoms with Gasteiger partial charge in [-0.25, -0.2) is 0 Å². The van der Waals surface area contributed by atoms with E-state index in [1.54, 1.807) is 0 Å². The summed E-state index contributed by atoms with van der Waals surface area (Å²) in [4.78, 5) is 0. The summed E-state index contributed by atoms with van der Waals surface area (Å²) in [6.07, 6.45) is 3.50. The second-order valence-corrected chi connectivity index (χ2v) is 6.86. The Morgan fingerprint density at radius 3 is 0.333 bits per heavy atom. The Kier molecular flexibility index (Phi) is 35.5. The molecule has 12 heteroatoms. The fourth-order valence-corrected chi connectivity index (χ4v) is 0.577. The van der Waals surface area contributed by atoms with E-state index in [-0.39, 0.29) is 28.2 Å². The summed E-state index contributed by atoms with van der Waals surface area (Å²) >= 11 is 0. The molecule has 6 aliphatic rings. The fourth-order valence-electron chi connectivity index (χ4n) is 0.577. The van der Waals surface area contributed by atoms with Crippen LogP contribution in [0.15, 0.2) is 0 Å². The minimum Gasteiger partial charge on any atom is -1.00 e. The van der Waals surface area contributed by atoms with Crippen molar-refractivity contribution < 1.29 is 56.6 Å². The lowest BCUT2D eigenvalue weighted by Crippen LogP contribution is -3.00. The van der Waals surface area contributed by atoms with Crippen molar-refractivity contribution in [3.8, 4) is 0 Å². The van der Waals surface area contributed by atoms with Crippen LogP contribution < -0.4 is 28.2 Å². The Balaban J connectivity index is -0.0000000554. The second kappa shape index (κ2) is 24.6. The highest BCUT2D eigenvalue weighted by Gasteiger charge is 2.15. The van der Waals surface area contributed by atoms with Crippen molar-refractivity contribution in [1.29, 1.82) is 0 Å². The van der Waals surface area contributed by atoms with E-state index in [0.717, 1.165) is 39.6 Å². The van der Waals surface area contributed by atoms with E-state index in [9.17, 15) is 0 Å². The molecule has 30 heavy (non-hydrogen) atoms. The number of epoxide rings is 6. The summed E-state index contributed by atoms with van der Waals surface area (Å²) in [7, 11) is 0. The first-order chi connectivity index (χ1) is 11.4. The first-order valence-corrected chi connectivity index (χ1v) is 9.06. The van der Waals surface area contributed by atoms with Gasteiger partial charge in [0, 0.05) is 0 Å². The third-order valence-electron chi connectivity index (χ3n) is 3.00. The minimum absolute atomic E-state index is 0. The van der Waals surface area contributed by atoms with Gasteiger partial charge < -0.3 is 56.6 Å². The standard InChI is InChI=1S/6C3H6O.6FH/c6*1-3-2-4-3;;;;;;/h6*3H,2H2,1H3;6*1H/p-6. The molecule has 6 unspecified atom stereocenters. The van der Waals surface area contributed by atoms with Gasteiger partial charge in [0.2, 0.25) is 0 Å². The van der Waals surface area contributed by atoms with Crippen LogP contribution in [-0.2, 0) is 28.4 Å². The van der Waals surface area contributed by atoms with E-state index in [0.29, 0.717) is 36.6 Å². The topological polar surface area (TPSA) is 75.2 Å². The van der Waals surface area contributed by atoms with Gasteiger partial charge in [0.15, 0.2) is 0 Å². The molecule has 0 aliphatic carbocycles. The highest BCUT2D eigenvalue weighted by molar-refractivity contribution is 4.60. The highest BCUT2D eigenvalue weighted by atomic mass is 19.0. The van der Waals surface area contributed by atoms with Crippen LogP contribution in [-0.4, -0.2) is 76.3 Å². The first kappa shape index (κ1) is 43.3. The van der Waals surface area contributed by atoms with E-state index < -0.39 is 0 Å². The average Bonchev–Trinajstić information content (AvgIpc) is 3.32. The number of hydrogen-bond donors (Lipinski definition) is 0. The van der Waals surface area contributed by atoms with Crippen molar-refractivity contribution in [1.82, 2.24) is 0 Å². The zero-order chi connectivity index (χ0) is 17.9. The van der Waals surface area contributed by atoms with E-state index in [4.69, 9.17) is 28.4 Å². The molecular formula is C18H36F6O6-6. The Hall–Kier alpha value is -0.660. The largest absolute Gasteiger partial charge is 1.00 e. The SMILES string of the molecule is CC1CO1.CC1CO1.CC1CO1.CC1CO1.CC1CO1.CC1CO1.[F-].[F-].[F-].[F-].[F-].[F-]. The summed E-state index contributed by atoms with van der Waals surface area (Å²) in [5, 5.41) is 0. The van der Waals surface area contributed by atoms with Gasteiger partial charge in [-0.1, -0.05) is 0 Å². The molecule has 6 heterocycles. The van der Waals surface area contributed by atoms with Crippen molar-refractivity contribution in [2.75, 3.05) is 39.6 Å². The number of hydrogen-bond acceptors (Lipinski definition) is 6. The van der Waals surface area contributed by atoms with E-state index in [1.807, 2.05) is 0 Å². The number of ether oxygens (including phenoxy) is 6. The van der Waals surface area contributed by atoms with Crippen LogP contribution >= 0.6 is 0 Å². The van der Waals surface area contributed by atoms with Gasteiger partial charge in [0.25, 0.3) is 0 Å². The molecule has 0 radical (unpaired) electrons. The maximum atomic E-state index is 4.71. The van der Waals surface area contributed by atoms with E-state index in [1.165, 1.54) is 0 Å². The monoisotopic (exact) mass is 462 g/mol. The lowest BCUT2D eigenvalue weighted by atomic mass is 10.6. The fraction of sp³-hybridized carbons (Fsp3) is 1.00. The van der Waals surface area contributed by atoms with Crippen LogP contribution in [0.3, 0.4) is 0 Å². The third-order valence-corrected chi connectivity index (χ3v) is 3.00. The Labute approximate surface area is 175 Å². The predicted molar refractivity (Wildman–Crippen MR) is 92.5 cm³/mol. The third kappa shape index (κ3) is 63.1. The van der Waals surface area contributed by atoms with Crippen molar-refractivity contribution >= 4 is 0 Å². The quantitative estimate of drug-likeness (QED) is 0.263. The maximum Gasteiger partial charge on any atom is 0.0781 e. The summed E-state index contributed by atoms with van der Waals surface area (Å²) in [5.41, 5.74) is 0. The summed E-state index contributed by atoms with van der Waals surface area (Å²) in [6.45, 7) is 18.2. The molecule has 6 nitrogen and oxygen atoms in total. The Bertz CT molecular complexity index is 234. The average molecular weight is 462 g/mol. The molecule has 0 saturated carbocycles. The van der Waals surface area contributed by atoms with Crippen LogP contribution in [0, 0.1) is 0 Å². The van der Waals surface area contributed by atoms with Gasteiger partial charge in [-0.15, -0.1) is 0 Å². The van der Waals surface area contributed by atoms with Crippen molar-refractivity contribution in [2.24, 2.45) is 0 Å². The van der Waals surface area contributed by atoms with Gasteiger partial charge in [0.05, 0.1) is 76.3 Å². The smallest absolute Gasteiger partial charge is 0.0781 e. The molecule has 6 aliphatic heterocycles. The summed E-state index contributed by atoms with van der Waals surface area (Å²) in [6, 6.07) is 0. The highest BCUT2D eigenvalue weighted by Crippen LogP contribution is 2.05. The van der Waals surface area contributed by atoms with Gasteiger partial charge in [-0.05, 0) is 41.5 Å². The van der Waals surface area contributed by atoms with Gasteiger partial charge in [-0.3, -0.25) is 0 Å². The zero-order valence-electron chi connectivity index (χ0n) is 18.4. The summed E-state index contributed by atoms with van der Waals surface area (Å²) < 4.78 is 28.3. The molecular weight excluding hydrogens is 426 g/mol. The molecule has 6 saturated heterocycles. The molecule has 6 rings (SSSR count). The normalized spacial score (nSPS) is 31.8.